The number of aromatic nitrogens is 1. The van der Waals surface area contributed by atoms with Crippen molar-refractivity contribution in [3.05, 3.63) is 41.8 Å². The van der Waals surface area contributed by atoms with Gasteiger partial charge in [-0.2, -0.15) is 0 Å². The molecule has 0 spiro atoms. The van der Waals surface area contributed by atoms with Gasteiger partial charge in [-0.15, -0.1) is 11.3 Å². The minimum Gasteiger partial charge on any atom is -0.475 e. The second-order valence-electron chi connectivity index (χ2n) is 3.89. The summed E-state index contributed by atoms with van der Waals surface area (Å²) in [5.41, 5.74) is 0.398. The van der Waals surface area contributed by atoms with E-state index in [1.165, 1.54) is 11.3 Å². The number of hydrogen-bond acceptors (Lipinski definition) is 4. The van der Waals surface area contributed by atoms with Gasteiger partial charge in [-0.25, -0.2) is 9.78 Å². The van der Waals surface area contributed by atoms with Crippen LogP contribution < -0.4 is 0 Å². The summed E-state index contributed by atoms with van der Waals surface area (Å²) in [6.45, 7) is 1.63. The number of aryl methyl sites for hydroxylation is 1. The fourth-order valence-corrected chi connectivity index (χ4v) is 2.78. The Bertz CT molecular complexity index is 709. The lowest BCUT2D eigenvalue weighted by molar-refractivity contribution is 0.0662. The zero-order chi connectivity index (χ0) is 12.7. The molecule has 0 atom stereocenters. The molecule has 0 bridgehead atoms. The van der Waals surface area contributed by atoms with Gasteiger partial charge >= 0.3 is 5.97 Å². The number of carbonyl (C=O) groups is 1. The number of rotatable bonds is 2. The van der Waals surface area contributed by atoms with E-state index < -0.39 is 5.97 Å². The largest absolute Gasteiger partial charge is 0.475 e. The number of nitrogens with zero attached hydrogens (tertiary/aromatic N) is 1. The zero-order valence-corrected chi connectivity index (χ0v) is 10.3. The van der Waals surface area contributed by atoms with Crippen molar-refractivity contribution in [3.8, 4) is 10.8 Å². The van der Waals surface area contributed by atoms with Gasteiger partial charge in [0.25, 0.3) is 0 Å². The summed E-state index contributed by atoms with van der Waals surface area (Å²) >= 11 is 1.53. The summed E-state index contributed by atoms with van der Waals surface area (Å²) in [4.78, 5) is 15.9. The third-order valence-corrected chi connectivity index (χ3v) is 3.73. The van der Waals surface area contributed by atoms with E-state index in [1.54, 1.807) is 6.92 Å². The number of hydrogen-bond donors (Lipinski definition) is 1. The van der Waals surface area contributed by atoms with Crippen molar-refractivity contribution in [2.75, 3.05) is 0 Å². The van der Waals surface area contributed by atoms with Crippen LogP contribution in [-0.2, 0) is 0 Å². The van der Waals surface area contributed by atoms with Crippen molar-refractivity contribution in [2.45, 2.75) is 6.92 Å². The van der Waals surface area contributed by atoms with Crippen molar-refractivity contribution >= 4 is 27.4 Å². The average Bonchev–Trinajstić information content (AvgIpc) is 2.91. The predicted molar refractivity (Wildman–Crippen MR) is 69.0 cm³/mol. The van der Waals surface area contributed by atoms with E-state index in [9.17, 15) is 4.79 Å². The minimum absolute atomic E-state index is 0.0949. The van der Waals surface area contributed by atoms with E-state index in [2.05, 4.69) is 4.98 Å². The monoisotopic (exact) mass is 259 g/mol. The molecule has 3 aromatic rings. The highest BCUT2D eigenvalue weighted by molar-refractivity contribution is 7.22. The number of carboxylic acids is 1. The number of fused-ring (bicyclic) bond motifs is 1. The Balaban J connectivity index is 2.14. The van der Waals surface area contributed by atoms with Crippen LogP contribution in [0.1, 0.15) is 16.2 Å². The normalized spacial score (nSPS) is 10.9. The van der Waals surface area contributed by atoms with Crippen LogP contribution in [0.3, 0.4) is 0 Å². The summed E-state index contributed by atoms with van der Waals surface area (Å²) < 4.78 is 6.42. The fraction of sp³-hybridized carbons (Fsp3) is 0.0769. The van der Waals surface area contributed by atoms with Gasteiger partial charge in [-0.1, -0.05) is 18.2 Å². The molecule has 0 unspecified atom stereocenters. The van der Waals surface area contributed by atoms with Crippen molar-refractivity contribution in [1.29, 1.82) is 0 Å². The Hall–Kier alpha value is -2.14. The Morgan fingerprint density at radius 1 is 1.39 bits per heavy atom. The number of benzene rings is 1. The van der Waals surface area contributed by atoms with Crippen molar-refractivity contribution in [2.24, 2.45) is 0 Å². The van der Waals surface area contributed by atoms with Crippen LogP contribution in [0.2, 0.25) is 0 Å². The molecule has 0 saturated carbocycles. The quantitative estimate of drug-likeness (QED) is 0.764. The van der Waals surface area contributed by atoms with Gasteiger partial charge in [0.2, 0.25) is 11.7 Å². The second-order valence-corrected chi connectivity index (χ2v) is 4.97. The van der Waals surface area contributed by atoms with Gasteiger partial charge in [-0.05, 0) is 24.4 Å². The minimum atomic E-state index is -1.09. The molecule has 3 rings (SSSR count). The Morgan fingerprint density at radius 2 is 2.17 bits per heavy atom. The summed E-state index contributed by atoms with van der Waals surface area (Å²) in [6, 6.07) is 9.89. The highest BCUT2D eigenvalue weighted by atomic mass is 32.1. The van der Waals surface area contributed by atoms with Crippen LogP contribution in [-0.4, -0.2) is 16.1 Å². The summed E-state index contributed by atoms with van der Waals surface area (Å²) in [6.07, 6.45) is 0. The van der Waals surface area contributed by atoms with Crippen LogP contribution in [0.4, 0.5) is 0 Å². The Morgan fingerprint density at radius 3 is 2.83 bits per heavy atom. The molecular weight excluding hydrogens is 250 g/mol. The van der Waals surface area contributed by atoms with Crippen LogP contribution in [0.5, 0.6) is 0 Å². The summed E-state index contributed by atoms with van der Waals surface area (Å²) in [5, 5.41) is 10.0. The molecule has 0 saturated heterocycles. The number of thiophene rings is 1. The van der Waals surface area contributed by atoms with E-state index >= 15 is 0 Å². The lowest BCUT2D eigenvalue weighted by atomic mass is 10.2. The van der Waals surface area contributed by atoms with Crippen LogP contribution >= 0.6 is 11.3 Å². The van der Waals surface area contributed by atoms with E-state index in [0.29, 0.717) is 11.6 Å². The smallest absolute Gasteiger partial charge is 0.373 e. The van der Waals surface area contributed by atoms with Gasteiger partial charge in [0.1, 0.15) is 0 Å². The molecule has 2 aromatic heterocycles. The maximum atomic E-state index is 10.9. The number of oxazole rings is 1. The van der Waals surface area contributed by atoms with Gasteiger partial charge in [0.05, 0.1) is 10.6 Å². The van der Waals surface area contributed by atoms with Crippen LogP contribution in [0.25, 0.3) is 20.9 Å². The van der Waals surface area contributed by atoms with Crippen LogP contribution in [0, 0.1) is 6.92 Å². The van der Waals surface area contributed by atoms with Gasteiger partial charge in [-0.3, -0.25) is 0 Å². The molecule has 90 valence electrons. The highest BCUT2D eigenvalue weighted by Gasteiger charge is 2.18. The third-order valence-electron chi connectivity index (χ3n) is 2.63. The number of aromatic carboxylic acids is 1. The topological polar surface area (TPSA) is 63.3 Å². The summed E-state index contributed by atoms with van der Waals surface area (Å²) in [5.74, 6) is -0.819. The van der Waals surface area contributed by atoms with Crippen molar-refractivity contribution in [1.82, 2.24) is 4.98 Å². The molecule has 1 aromatic carbocycles. The first-order chi connectivity index (χ1) is 8.65. The first kappa shape index (κ1) is 11.0. The lowest BCUT2D eigenvalue weighted by Crippen LogP contribution is -1.95. The lowest BCUT2D eigenvalue weighted by Gasteiger charge is -1.86. The van der Waals surface area contributed by atoms with Gasteiger partial charge < -0.3 is 9.52 Å². The average molecular weight is 259 g/mol. The van der Waals surface area contributed by atoms with E-state index in [1.807, 2.05) is 30.3 Å². The Labute approximate surface area is 107 Å². The fourth-order valence-electron chi connectivity index (χ4n) is 1.79. The summed E-state index contributed by atoms with van der Waals surface area (Å²) in [7, 11) is 0. The van der Waals surface area contributed by atoms with Crippen molar-refractivity contribution in [3.63, 3.8) is 0 Å². The molecule has 0 aliphatic rings. The second kappa shape index (κ2) is 3.96. The Kier molecular flexibility index (Phi) is 2.41. The predicted octanol–water partition coefficient (Wildman–Crippen LogP) is 3.56. The molecule has 0 radical (unpaired) electrons. The van der Waals surface area contributed by atoms with Crippen LogP contribution in [0.15, 0.2) is 34.7 Å². The first-order valence-electron chi connectivity index (χ1n) is 5.35. The number of carboxylic acid groups (broad SMARTS) is 1. The van der Waals surface area contributed by atoms with E-state index in [0.717, 1.165) is 15.0 Å². The standard InChI is InChI=1S/C13H9NO3S/c1-7-11(13(15)16)17-12(14-7)10-6-8-4-2-3-5-9(8)18-10/h2-6H,1H3,(H,15,16). The molecule has 0 fully saturated rings. The molecule has 1 N–H and O–H groups in total. The van der Waals surface area contributed by atoms with Crippen molar-refractivity contribution < 1.29 is 14.3 Å². The maximum absolute atomic E-state index is 10.9. The third kappa shape index (κ3) is 1.69. The molecule has 18 heavy (non-hydrogen) atoms. The molecule has 2 heterocycles. The maximum Gasteiger partial charge on any atom is 0.373 e. The van der Waals surface area contributed by atoms with E-state index in [-0.39, 0.29) is 5.76 Å². The molecule has 5 heteroatoms. The molecule has 0 amide bonds. The van der Waals surface area contributed by atoms with Gasteiger partial charge in [0, 0.05) is 4.70 Å². The SMILES string of the molecule is Cc1nc(-c2cc3ccccc3s2)oc1C(=O)O. The molecular formula is C13H9NO3S. The molecule has 0 aliphatic heterocycles. The van der Waals surface area contributed by atoms with Gasteiger partial charge in [0.15, 0.2) is 0 Å². The van der Waals surface area contributed by atoms with E-state index in [4.69, 9.17) is 9.52 Å². The molecule has 4 nitrogen and oxygen atoms in total. The molecule has 0 aliphatic carbocycles. The zero-order valence-electron chi connectivity index (χ0n) is 9.51. The highest BCUT2D eigenvalue weighted by Crippen LogP contribution is 2.33. The first-order valence-corrected chi connectivity index (χ1v) is 6.16.